The van der Waals surface area contributed by atoms with E-state index >= 15 is 0 Å². The van der Waals surface area contributed by atoms with Crippen LogP contribution < -0.4 is 0 Å². The third kappa shape index (κ3) is 3.43. The van der Waals surface area contributed by atoms with Gasteiger partial charge >= 0.3 is 0 Å². The van der Waals surface area contributed by atoms with E-state index in [1.165, 1.54) is 0 Å². The molecule has 1 amide bonds. The van der Waals surface area contributed by atoms with E-state index in [0.29, 0.717) is 26.1 Å². The number of nitrogens with zero attached hydrogens (tertiary/aromatic N) is 3. The molecule has 6 nitrogen and oxygen atoms in total. The summed E-state index contributed by atoms with van der Waals surface area (Å²) < 4.78 is 7.95. The van der Waals surface area contributed by atoms with Gasteiger partial charge in [0.2, 0.25) is 5.91 Å². The molecule has 0 radical (unpaired) electrons. The van der Waals surface area contributed by atoms with Crippen molar-refractivity contribution in [1.29, 1.82) is 0 Å². The van der Waals surface area contributed by atoms with Crippen molar-refractivity contribution in [3.63, 3.8) is 0 Å². The van der Waals surface area contributed by atoms with Gasteiger partial charge in [0.15, 0.2) is 0 Å². The molecule has 2 saturated heterocycles. The van der Waals surface area contributed by atoms with E-state index in [0.717, 1.165) is 44.5 Å². The minimum atomic E-state index is -0.408. The van der Waals surface area contributed by atoms with E-state index in [-0.39, 0.29) is 12.0 Å². The molecule has 6 heteroatoms. The maximum Gasteiger partial charge on any atom is 0.224 e. The Kier molecular flexibility index (Phi) is 5.02. The maximum atomic E-state index is 12.4. The van der Waals surface area contributed by atoms with Gasteiger partial charge in [-0.25, -0.2) is 4.98 Å². The average Bonchev–Trinajstić information content (AvgIpc) is 3.04. The molecule has 23 heavy (non-hydrogen) atoms. The number of aromatic nitrogens is 2. The first-order chi connectivity index (χ1) is 11.1. The summed E-state index contributed by atoms with van der Waals surface area (Å²) >= 11 is 0. The van der Waals surface area contributed by atoms with Crippen LogP contribution in [0.2, 0.25) is 0 Å². The number of aryl methyl sites for hydroxylation is 2. The van der Waals surface area contributed by atoms with Crippen LogP contribution in [0.1, 0.15) is 44.9 Å². The number of ether oxygens (including phenoxy) is 1. The lowest BCUT2D eigenvalue weighted by atomic mass is 9.82. The molecule has 128 valence electrons. The molecule has 0 bridgehead atoms. The van der Waals surface area contributed by atoms with Gasteiger partial charge in [0.05, 0.1) is 11.7 Å². The molecule has 3 heterocycles. The number of aliphatic hydroxyl groups is 1. The molecule has 1 spiro atoms. The minimum absolute atomic E-state index is 0.181. The van der Waals surface area contributed by atoms with Gasteiger partial charge in [0.25, 0.3) is 0 Å². The van der Waals surface area contributed by atoms with Crippen LogP contribution in [0.4, 0.5) is 0 Å². The second-order valence-corrected chi connectivity index (χ2v) is 6.59. The van der Waals surface area contributed by atoms with E-state index in [1.807, 2.05) is 11.1 Å². The van der Waals surface area contributed by atoms with Gasteiger partial charge in [-0.15, -0.1) is 0 Å². The average molecular weight is 321 g/mol. The largest absolute Gasteiger partial charge is 0.390 e. The van der Waals surface area contributed by atoms with Gasteiger partial charge in [0, 0.05) is 51.5 Å². The number of rotatable bonds is 4. The lowest BCUT2D eigenvalue weighted by Crippen LogP contribution is -2.56. The highest BCUT2D eigenvalue weighted by molar-refractivity contribution is 5.76. The molecule has 3 rings (SSSR count). The summed E-state index contributed by atoms with van der Waals surface area (Å²) in [5, 5.41) is 10.3. The molecule has 1 atom stereocenters. The first-order valence-electron chi connectivity index (χ1n) is 8.74. The molecule has 1 aromatic rings. The Labute approximate surface area is 137 Å². The van der Waals surface area contributed by atoms with E-state index in [4.69, 9.17) is 4.74 Å². The number of carbonyl (C=O) groups is 1. The fourth-order valence-electron chi connectivity index (χ4n) is 3.76. The summed E-state index contributed by atoms with van der Waals surface area (Å²) in [5.41, 5.74) is -0.408. The fraction of sp³-hybridized carbons (Fsp3) is 0.765. The summed E-state index contributed by atoms with van der Waals surface area (Å²) in [4.78, 5) is 18.6. The van der Waals surface area contributed by atoms with Gasteiger partial charge in [-0.05, 0) is 25.7 Å². The van der Waals surface area contributed by atoms with Crippen LogP contribution in [0.25, 0.3) is 0 Å². The molecule has 2 fully saturated rings. The first kappa shape index (κ1) is 16.5. The van der Waals surface area contributed by atoms with Crippen molar-refractivity contribution in [3.05, 3.63) is 18.2 Å². The van der Waals surface area contributed by atoms with E-state index in [9.17, 15) is 9.90 Å². The molecular formula is C17H27N3O3. The van der Waals surface area contributed by atoms with Crippen LogP contribution >= 0.6 is 0 Å². The molecule has 1 aromatic heterocycles. The Balaban J connectivity index is 1.50. The lowest BCUT2D eigenvalue weighted by Gasteiger charge is -2.46. The number of imidazole rings is 1. The number of amides is 1. The zero-order valence-corrected chi connectivity index (χ0v) is 13.9. The van der Waals surface area contributed by atoms with Gasteiger partial charge in [-0.3, -0.25) is 4.79 Å². The van der Waals surface area contributed by atoms with Gasteiger partial charge in [-0.1, -0.05) is 6.92 Å². The zero-order valence-electron chi connectivity index (χ0n) is 13.9. The molecule has 2 aliphatic heterocycles. The van der Waals surface area contributed by atoms with E-state index < -0.39 is 5.60 Å². The minimum Gasteiger partial charge on any atom is -0.390 e. The number of piperidine rings is 1. The number of hydrogen-bond donors (Lipinski definition) is 1. The van der Waals surface area contributed by atoms with Crippen LogP contribution in [0.5, 0.6) is 0 Å². The highest BCUT2D eigenvalue weighted by Gasteiger charge is 2.44. The standard InChI is InChI=1S/C17H27N3O3/c1-2-15-18-8-12-19(15)9-5-16(22)20-10-6-17(7-11-20)14(21)4-3-13-23-17/h8,12,14,21H,2-7,9-11,13H2,1H3. The Hall–Kier alpha value is -1.40. The van der Waals surface area contributed by atoms with Crippen molar-refractivity contribution in [2.45, 2.75) is 63.7 Å². The normalized spacial score (nSPS) is 24.1. The van der Waals surface area contributed by atoms with Crippen molar-refractivity contribution in [2.75, 3.05) is 19.7 Å². The summed E-state index contributed by atoms with van der Waals surface area (Å²) in [6, 6.07) is 0. The van der Waals surface area contributed by atoms with Crippen LogP contribution in [0.15, 0.2) is 12.4 Å². The number of hydrogen-bond acceptors (Lipinski definition) is 4. The van der Waals surface area contributed by atoms with E-state index in [1.54, 1.807) is 6.20 Å². The Morgan fingerprint density at radius 1 is 1.48 bits per heavy atom. The molecule has 1 unspecified atom stereocenters. The van der Waals surface area contributed by atoms with Crippen LogP contribution in [-0.4, -0.2) is 56.9 Å². The van der Waals surface area contributed by atoms with Gasteiger partial charge in [0.1, 0.15) is 5.82 Å². The third-order valence-corrected chi connectivity index (χ3v) is 5.27. The smallest absolute Gasteiger partial charge is 0.224 e. The molecular weight excluding hydrogens is 294 g/mol. The SMILES string of the molecule is CCc1nccn1CCC(=O)N1CCC2(CC1)OCCCC2O. The van der Waals surface area contributed by atoms with Crippen LogP contribution in [-0.2, 0) is 22.5 Å². The second-order valence-electron chi connectivity index (χ2n) is 6.59. The highest BCUT2D eigenvalue weighted by Crippen LogP contribution is 2.35. The predicted molar refractivity (Wildman–Crippen MR) is 86.0 cm³/mol. The number of aliphatic hydroxyl groups excluding tert-OH is 1. The Bertz CT molecular complexity index is 535. The van der Waals surface area contributed by atoms with Crippen molar-refractivity contribution in [1.82, 2.24) is 14.5 Å². The summed E-state index contributed by atoms with van der Waals surface area (Å²) in [6.07, 6.45) is 7.94. The van der Waals surface area contributed by atoms with Gasteiger partial charge in [-0.2, -0.15) is 0 Å². The maximum absolute atomic E-state index is 12.4. The van der Waals surface area contributed by atoms with Crippen molar-refractivity contribution in [2.24, 2.45) is 0 Å². The first-order valence-corrected chi connectivity index (χ1v) is 8.74. The molecule has 1 N–H and O–H groups in total. The molecule has 0 saturated carbocycles. The quantitative estimate of drug-likeness (QED) is 0.909. The Morgan fingerprint density at radius 3 is 2.96 bits per heavy atom. The topological polar surface area (TPSA) is 67.6 Å². The molecule has 0 aromatic carbocycles. The third-order valence-electron chi connectivity index (χ3n) is 5.27. The summed E-state index contributed by atoms with van der Waals surface area (Å²) in [6.45, 7) is 4.84. The van der Waals surface area contributed by atoms with Gasteiger partial charge < -0.3 is 19.3 Å². The van der Waals surface area contributed by atoms with Crippen LogP contribution in [0, 0.1) is 0 Å². The zero-order chi connectivity index (χ0) is 16.3. The van der Waals surface area contributed by atoms with Crippen molar-refractivity contribution < 1.29 is 14.6 Å². The van der Waals surface area contributed by atoms with Crippen LogP contribution in [0.3, 0.4) is 0 Å². The highest BCUT2D eigenvalue weighted by atomic mass is 16.5. The number of carbonyl (C=O) groups excluding carboxylic acids is 1. The monoisotopic (exact) mass is 321 g/mol. The second kappa shape index (κ2) is 7.01. The lowest BCUT2D eigenvalue weighted by molar-refractivity contribution is -0.179. The Morgan fingerprint density at radius 2 is 2.26 bits per heavy atom. The molecule has 2 aliphatic rings. The van der Waals surface area contributed by atoms with Crippen molar-refractivity contribution in [3.8, 4) is 0 Å². The molecule has 0 aliphatic carbocycles. The number of likely N-dealkylation sites (tertiary alicyclic amines) is 1. The van der Waals surface area contributed by atoms with Crippen molar-refractivity contribution >= 4 is 5.91 Å². The summed E-state index contributed by atoms with van der Waals surface area (Å²) in [7, 11) is 0. The summed E-state index contributed by atoms with van der Waals surface area (Å²) in [5.74, 6) is 1.20. The predicted octanol–water partition coefficient (Wildman–Crippen LogP) is 1.37. The van der Waals surface area contributed by atoms with E-state index in [2.05, 4.69) is 16.5 Å². The fourth-order valence-corrected chi connectivity index (χ4v) is 3.76.